The molecule has 0 aromatic rings. The Morgan fingerprint density at radius 3 is 2.33 bits per heavy atom. The van der Waals surface area contributed by atoms with Crippen LogP contribution >= 0.6 is 0 Å². The molecule has 1 atom stereocenters. The fourth-order valence-electron chi connectivity index (χ4n) is 1.73. The topological polar surface area (TPSA) is 46.6 Å². The normalized spacial score (nSPS) is 17.2. The molecule has 1 amide bonds. The molecule has 0 heterocycles. The molecular weight excluding hydrogens is 230 g/mol. The van der Waals surface area contributed by atoms with E-state index in [1.54, 1.807) is 7.05 Å². The van der Waals surface area contributed by atoms with Crippen LogP contribution in [-0.2, 0) is 9.53 Å². The van der Waals surface area contributed by atoms with Gasteiger partial charge in [-0.15, -0.1) is 0 Å². The van der Waals surface area contributed by atoms with E-state index in [9.17, 15) is 9.59 Å². The van der Waals surface area contributed by atoms with Gasteiger partial charge in [0.05, 0.1) is 0 Å². The van der Waals surface area contributed by atoms with Gasteiger partial charge in [0.15, 0.2) is 0 Å². The SMILES string of the molecule is CC(CN(C)C(=O)OC(C)(C)C)C(=O)CC1CC1. The molecular formula is C14H25NO3. The molecule has 4 heteroatoms. The summed E-state index contributed by atoms with van der Waals surface area (Å²) in [6.07, 6.45) is 2.66. The molecule has 4 nitrogen and oxygen atoms in total. The Hall–Kier alpha value is -1.06. The monoisotopic (exact) mass is 255 g/mol. The van der Waals surface area contributed by atoms with E-state index in [1.807, 2.05) is 27.7 Å². The molecule has 0 spiro atoms. The minimum atomic E-state index is -0.493. The fourth-order valence-corrected chi connectivity index (χ4v) is 1.73. The van der Waals surface area contributed by atoms with Crippen LogP contribution in [0.5, 0.6) is 0 Å². The number of carbonyl (C=O) groups is 2. The number of rotatable bonds is 5. The molecule has 0 aromatic carbocycles. The van der Waals surface area contributed by atoms with Crippen LogP contribution < -0.4 is 0 Å². The highest BCUT2D eigenvalue weighted by molar-refractivity contribution is 5.82. The lowest BCUT2D eigenvalue weighted by molar-refractivity contribution is -0.123. The second-order valence-electron chi connectivity index (χ2n) is 6.38. The van der Waals surface area contributed by atoms with Crippen LogP contribution in [0.4, 0.5) is 4.79 Å². The molecule has 0 bridgehead atoms. The fraction of sp³-hybridized carbons (Fsp3) is 0.857. The highest BCUT2D eigenvalue weighted by atomic mass is 16.6. The molecule has 1 unspecified atom stereocenters. The minimum absolute atomic E-state index is 0.108. The van der Waals surface area contributed by atoms with Gasteiger partial charge in [0.25, 0.3) is 0 Å². The summed E-state index contributed by atoms with van der Waals surface area (Å²) in [5.41, 5.74) is -0.493. The standard InChI is InChI=1S/C14H25NO3/c1-10(12(16)8-11-6-7-11)9-15(5)13(17)18-14(2,3)4/h10-11H,6-9H2,1-5H3. The summed E-state index contributed by atoms with van der Waals surface area (Å²) in [5.74, 6) is 0.753. The molecule has 0 aliphatic heterocycles. The van der Waals surface area contributed by atoms with Crippen molar-refractivity contribution in [1.29, 1.82) is 0 Å². The Kier molecular flexibility index (Phi) is 4.77. The molecule has 0 radical (unpaired) electrons. The van der Waals surface area contributed by atoms with Crippen molar-refractivity contribution in [2.45, 2.75) is 52.6 Å². The molecule has 1 aliphatic carbocycles. The van der Waals surface area contributed by atoms with Crippen molar-refractivity contribution >= 4 is 11.9 Å². The minimum Gasteiger partial charge on any atom is -0.444 e. The van der Waals surface area contributed by atoms with Gasteiger partial charge in [-0.2, -0.15) is 0 Å². The van der Waals surface area contributed by atoms with Crippen LogP contribution in [0.15, 0.2) is 0 Å². The second kappa shape index (κ2) is 5.72. The van der Waals surface area contributed by atoms with E-state index in [0.717, 1.165) is 0 Å². The quantitative estimate of drug-likeness (QED) is 0.759. The first-order chi connectivity index (χ1) is 8.19. The maximum absolute atomic E-state index is 11.9. The third-order valence-corrected chi connectivity index (χ3v) is 2.99. The first kappa shape index (κ1) is 15.0. The first-order valence-corrected chi connectivity index (χ1v) is 6.66. The van der Waals surface area contributed by atoms with E-state index in [4.69, 9.17) is 4.74 Å². The lowest BCUT2D eigenvalue weighted by Gasteiger charge is -2.26. The van der Waals surface area contributed by atoms with Crippen LogP contribution in [0, 0.1) is 11.8 Å². The number of hydrogen-bond acceptors (Lipinski definition) is 3. The van der Waals surface area contributed by atoms with Crippen molar-refractivity contribution < 1.29 is 14.3 Å². The highest BCUT2D eigenvalue weighted by Gasteiger charge is 2.28. The summed E-state index contributed by atoms with van der Waals surface area (Å²) in [4.78, 5) is 25.1. The summed E-state index contributed by atoms with van der Waals surface area (Å²) in [7, 11) is 1.68. The van der Waals surface area contributed by atoms with Crippen LogP contribution in [0.1, 0.15) is 47.0 Å². The molecule has 0 N–H and O–H groups in total. The van der Waals surface area contributed by atoms with Crippen molar-refractivity contribution in [2.24, 2.45) is 11.8 Å². The smallest absolute Gasteiger partial charge is 0.410 e. The van der Waals surface area contributed by atoms with Gasteiger partial charge < -0.3 is 9.64 Å². The average molecular weight is 255 g/mol. The summed E-state index contributed by atoms with van der Waals surface area (Å²) in [6.45, 7) is 7.81. The van der Waals surface area contributed by atoms with Crippen molar-refractivity contribution in [3.63, 3.8) is 0 Å². The Morgan fingerprint density at radius 2 is 1.89 bits per heavy atom. The number of ketones is 1. The second-order valence-corrected chi connectivity index (χ2v) is 6.38. The van der Waals surface area contributed by atoms with Crippen LogP contribution in [0.2, 0.25) is 0 Å². The van der Waals surface area contributed by atoms with Gasteiger partial charge in [-0.1, -0.05) is 6.92 Å². The molecule has 1 fully saturated rings. The number of nitrogens with zero attached hydrogens (tertiary/aromatic N) is 1. The summed E-state index contributed by atoms with van der Waals surface area (Å²) in [5, 5.41) is 0. The van der Waals surface area contributed by atoms with Crippen LogP contribution in [0.25, 0.3) is 0 Å². The van der Waals surface area contributed by atoms with Gasteiger partial charge in [0.1, 0.15) is 11.4 Å². The zero-order valence-corrected chi connectivity index (χ0v) is 12.2. The van der Waals surface area contributed by atoms with Crippen LogP contribution in [0.3, 0.4) is 0 Å². The van der Waals surface area contributed by atoms with Crippen molar-refractivity contribution in [3.05, 3.63) is 0 Å². The van der Waals surface area contributed by atoms with E-state index in [-0.39, 0.29) is 17.8 Å². The number of ether oxygens (including phenoxy) is 1. The number of Topliss-reactive ketones (excluding diaryl/α,β-unsaturated/α-hetero) is 1. The predicted octanol–water partition coefficient (Wildman–Crippen LogP) is 2.86. The largest absolute Gasteiger partial charge is 0.444 e. The molecule has 18 heavy (non-hydrogen) atoms. The van der Waals surface area contributed by atoms with Gasteiger partial charge >= 0.3 is 6.09 Å². The zero-order chi connectivity index (χ0) is 13.9. The number of carbonyl (C=O) groups excluding carboxylic acids is 2. The Balaban J connectivity index is 2.35. The molecule has 0 aromatic heterocycles. The molecule has 104 valence electrons. The van der Waals surface area contributed by atoms with Gasteiger partial charge in [-0.3, -0.25) is 4.79 Å². The van der Waals surface area contributed by atoms with E-state index in [1.165, 1.54) is 17.7 Å². The Morgan fingerprint density at radius 1 is 1.33 bits per heavy atom. The maximum atomic E-state index is 11.9. The first-order valence-electron chi connectivity index (χ1n) is 6.66. The average Bonchev–Trinajstić information content (AvgIpc) is 2.98. The Bertz CT molecular complexity index is 315. The van der Waals surface area contributed by atoms with Crippen LogP contribution in [-0.4, -0.2) is 36.0 Å². The van der Waals surface area contributed by atoms with Gasteiger partial charge in [0.2, 0.25) is 0 Å². The van der Waals surface area contributed by atoms with Crippen molar-refractivity contribution in [1.82, 2.24) is 4.90 Å². The summed E-state index contributed by atoms with van der Waals surface area (Å²) in [6, 6.07) is 0. The predicted molar refractivity (Wildman–Crippen MR) is 70.4 cm³/mol. The lowest BCUT2D eigenvalue weighted by Crippen LogP contribution is -2.38. The highest BCUT2D eigenvalue weighted by Crippen LogP contribution is 2.33. The van der Waals surface area contributed by atoms with Gasteiger partial charge in [-0.05, 0) is 39.5 Å². The third kappa shape index (κ3) is 5.52. The van der Waals surface area contributed by atoms with E-state index in [0.29, 0.717) is 18.9 Å². The van der Waals surface area contributed by atoms with Crippen molar-refractivity contribution in [2.75, 3.05) is 13.6 Å². The third-order valence-electron chi connectivity index (χ3n) is 2.99. The van der Waals surface area contributed by atoms with Gasteiger partial charge in [0, 0.05) is 25.9 Å². The molecule has 1 aliphatic rings. The molecule has 0 saturated heterocycles. The number of amides is 1. The molecule has 1 rings (SSSR count). The lowest BCUT2D eigenvalue weighted by atomic mass is 10.0. The summed E-state index contributed by atoms with van der Waals surface area (Å²) >= 11 is 0. The maximum Gasteiger partial charge on any atom is 0.410 e. The van der Waals surface area contributed by atoms with E-state index >= 15 is 0 Å². The Labute approximate surface area is 110 Å². The molecule has 1 saturated carbocycles. The van der Waals surface area contributed by atoms with Gasteiger partial charge in [-0.25, -0.2) is 4.79 Å². The summed E-state index contributed by atoms with van der Waals surface area (Å²) < 4.78 is 5.25. The van der Waals surface area contributed by atoms with E-state index < -0.39 is 5.60 Å². The van der Waals surface area contributed by atoms with Crippen molar-refractivity contribution in [3.8, 4) is 0 Å². The van der Waals surface area contributed by atoms with E-state index in [2.05, 4.69) is 0 Å². The zero-order valence-electron chi connectivity index (χ0n) is 12.2. The number of hydrogen-bond donors (Lipinski definition) is 0.